The first-order valence-corrected chi connectivity index (χ1v) is 7.43. The topological polar surface area (TPSA) is 82.9 Å². The fourth-order valence-electron chi connectivity index (χ4n) is 2.61. The molecular weight excluding hydrogens is 310 g/mol. The Balaban J connectivity index is 1.77. The number of nitrogens with zero attached hydrogens (tertiary/aromatic N) is 2. The normalized spacial score (nSPS) is 20.2. The minimum absolute atomic E-state index is 0.326. The number of urea groups is 1. The van der Waals surface area contributed by atoms with Gasteiger partial charge < -0.3 is 14.6 Å². The van der Waals surface area contributed by atoms with Crippen LogP contribution in [-0.2, 0) is 15.1 Å². The Morgan fingerprint density at radius 1 is 1.21 bits per heavy atom. The summed E-state index contributed by atoms with van der Waals surface area (Å²) in [6.07, 6.45) is 1.43. The third-order valence-corrected chi connectivity index (χ3v) is 4.10. The van der Waals surface area contributed by atoms with Crippen molar-refractivity contribution in [2.75, 3.05) is 18.5 Å². The molecule has 24 heavy (non-hydrogen) atoms. The molecule has 0 bridgehead atoms. The Hall–Kier alpha value is -3.09. The van der Waals surface area contributed by atoms with Crippen molar-refractivity contribution < 1.29 is 18.8 Å². The molecule has 1 atom stereocenters. The molecule has 1 aliphatic rings. The van der Waals surface area contributed by atoms with Crippen molar-refractivity contribution in [2.45, 2.75) is 12.5 Å². The van der Waals surface area contributed by atoms with Gasteiger partial charge in [-0.05, 0) is 31.2 Å². The molecule has 1 fully saturated rings. The highest BCUT2D eigenvalue weighted by molar-refractivity contribution is 6.10. The average Bonchev–Trinajstić information content (AvgIpc) is 3.19. The number of benzene rings is 1. The molecular formula is C17H17N3O4. The van der Waals surface area contributed by atoms with Crippen LogP contribution in [0.1, 0.15) is 12.7 Å². The Morgan fingerprint density at radius 2 is 1.92 bits per heavy atom. The van der Waals surface area contributed by atoms with Gasteiger partial charge in [-0.25, -0.2) is 4.79 Å². The van der Waals surface area contributed by atoms with Crippen molar-refractivity contribution in [3.8, 4) is 0 Å². The maximum atomic E-state index is 12.6. The summed E-state index contributed by atoms with van der Waals surface area (Å²) in [5, 5.41) is 2.59. The Bertz CT molecular complexity index is 772. The summed E-state index contributed by atoms with van der Waals surface area (Å²) in [4.78, 5) is 39.5. The van der Waals surface area contributed by atoms with Crippen LogP contribution in [0, 0.1) is 0 Å². The number of imide groups is 1. The van der Waals surface area contributed by atoms with Gasteiger partial charge in [-0.2, -0.15) is 0 Å². The molecule has 2 aromatic rings. The highest BCUT2D eigenvalue weighted by Gasteiger charge is 2.51. The van der Waals surface area contributed by atoms with Gasteiger partial charge in [0.25, 0.3) is 5.91 Å². The van der Waals surface area contributed by atoms with E-state index in [2.05, 4.69) is 5.32 Å². The highest BCUT2D eigenvalue weighted by Crippen LogP contribution is 2.29. The van der Waals surface area contributed by atoms with Crippen LogP contribution in [0.5, 0.6) is 0 Å². The van der Waals surface area contributed by atoms with Crippen LogP contribution < -0.4 is 10.2 Å². The Morgan fingerprint density at radius 3 is 2.54 bits per heavy atom. The number of furan rings is 1. The van der Waals surface area contributed by atoms with Crippen LogP contribution in [0.2, 0.25) is 0 Å². The van der Waals surface area contributed by atoms with E-state index in [4.69, 9.17) is 4.42 Å². The van der Waals surface area contributed by atoms with E-state index in [1.165, 1.54) is 11.2 Å². The number of amides is 4. The van der Waals surface area contributed by atoms with Gasteiger partial charge in [0.15, 0.2) is 5.54 Å². The van der Waals surface area contributed by atoms with E-state index >= 15 is 0 Å². The largest absolute Gasteiger partial charge is 0.466 e. The third kappa shape index (κ3) is 2.54. The first-order valence-electron chi connectivity index (χ1n) is 7.43. The molecule has 2 heterocycles. The number of nitrogens with one attached hydrogen (secondary N) is 1. The van der Waals surface area contributed by atoms with Gasteiger partial charge in [0, 0.05) is 12.7 Å². The van der Waals surface area contributed by atoms with Crippen LogP contribution in [-0.4, -0.2) is 36.3 Å². The molecule has 1 aliphatic heterocycles. The molecule has 1 N–H and O–H groups in total. The molecule has 0 saturated carbocycles. The number of hydrogen-bond donors (Lipinski definition) is 1. The molecule has 4 amide bonds. The van der Waals surface area contributed by atoms with Crippen molar-refractivity contribution in [3.05, 3.63) is 54.5 Å². The minimum atomic E-state index is -1.30. The summed E-state index contributed by atoms with van der Waals surface area (Å²) in [5.74, 6) is -0.558. The summed E-state index contributed by atoms with van der Waals surface area (Å²) in [5.41, 5.74) is -0.616. The predicted molar refractivity (Wildman–Crippen MR) is 86.2 cm³/mol. The molecule has 7 heteroatoms. The van der Waals surface area contributed by atoms with E-state index in [1.807, 2.05) is 6.07 Å². The van der Waals surface area contributed by atoms with Gasteiger partial charge in [0.05, 0.1) is 6.26 Å². The zero-order valence-electron chi connectivity index (χ0n) is 13.4. The van der Waals surface area contributed by atoms with Crippen LogP contribution in [0.25, 0.3) is 0 Å². The quantitative estimate of drug-likeness (QED) is 0.867. The molecule has 1 saturated heterocycles. The maximum absolute atomic E-state index is 12.6. The van der Waals surface area contributed by atoms with Crippen molar-refractivity contribution in [1.29, 1.82) is 0 Å². The lowest BCUT2D eigenvalue weighted by atomic mass is 9.99. The number of likely N-dealkylation sites (N-methyl/N-ethyl adjacent to an activating group) is 1. The number of carbonyl (C=O) groups excluding carboxylic acids is 3. The van der Waals surface area contributed by atoms with Gasteiger partial charge in [-0.1, -0.05) is 18.2 Å². The van der Waals surface area contributed by atoms with Gasteiger partial charge in [0.2, 0.25) is 5.91 Å². The first-order chi connectivity index (χ1) is 11.4. The van der Waals surface area contributed by atoms with Gasteiger partial charge >= 0.3 is 6.03 Å². The van der Waals surface area contributed by atoms with Crippen LogP contribution in [0.4, 0.5) is 10.5 Å². The van der Waals surface area contributed by atoms with E-state index in [0.29, 0.717) is 11.4 Å². The monoisotopic (exact) mass is 327 g/mol. The fraction of sp³-hybridized carbons (Fsp3) is 0.235. The second kappa shape index (κ2) is 5.84. The average molecular weight is 327 g/mol. The van der Waals surface area contributed by atoms with Crippen LogP contribution in [0.3, 0.4) is 0 Å². The van der Waals surface area contributed by atoms with E-state index < -0.39 is 17.5 Å². The number of carbonyl (C=O) groups is 3. The molecule has 0 aliphatic carbocycles. The molecule has 0 spiro atoms. The molecule has 7 nitrogen and oxygen atoms in total. The second-order valence-corrected chi connectivity index (χ2v) is 5.71. The smallest absolute Gasteiger partial charge is 0.325 e. The van der Waals surface area contributed by atoms with Crippen molar-refractivity contribution >= 4 is 23.5 Å². The van der Waals surface area contributed by atoms with Gasteiger partial charge in [-0.3, -0.25) is 14.5 Å². The number of anilines is 1. The molecule has 3 rings (SSSR count). The van der Waals surface area contributed by atoms with E-state index in [9.17, 15) is 14.4 Å². The maximum Gasteiger partial charge on any atom is 0.325 e. The summed E-state index contributed by atoms with van der Waals surface area (Å²) in [6, 6.07) is 11.6. The molecule has 0 unspecified atom stereocenters. The Labute approximate surface area is 138 Å². The molecule has 1 aromatic heterocycles. The lowest BCUT2D eigenvalue weighted by molar-refractivity contribution is -0.134. The fourth-order valence-corrected chi connectivity index (χ4v) is 2.61. The molecule has 124 valence electrons. The van der Waals surface area contributed by atoms with Crippen molar-refractivity contribution in [3.63, 3.8) is 0 Å². The van der Waals surface area contributed by atoms with E-state index in [-0.39, 0.29) is 12.5 Å². The zero-order chi connectivity index (χ0) is 17.3. The Kier molecular flexibility index (Phi) is 3.84. The number of hydrogen-bond acceptors (Lipinski definition) is 4. The summed E-state index contributed by atoms with van der Waals surface area (Å²) < 4.78 is 5.25. The third-order valence-electron chi connectivity index (χ3n) is 4.10. The highest BCUT2D eigenvalue weighted by atomic mass is 16.3. The predicted octanol–water partition coefficient (Wildman–Crippen LogP) is 1.71. The SMILES string of the molecule is CN(C(=O)CN1C(=O)N[C@](C)(c2ccco2)C1=O)c1ccccc1. The van der Waals surface area contributed by atoms with E-state index in [0.717, 1.165) is 4.90 Å². The first kappa shape index (κ1) is 15.8. The van der Waals surface area contributed by atoms with Gasteiger partial charge in [-0.15, -0.1) is 0 Å². The standard InChI is InChI=1S/C17H17N3O4/c1-17(13-9-6-10-24-13)15(22)20(16(23)18-17)11-14(21)19(2)12-7-4-3-5-8-12/h3-10H,11H2,1-2H3,(H,18,23)/t17-/m1/s1. The van der Waals surface area contributed by atoms with Crippen LogP contribution >= 0.6 is 0 Å². The summed E-state index contributed by atoms with van der Waals surface area (Å²) >= 11 is 0. The van der Waals surface area contributed by atoms with Crippen LogP contribution in [0.15, 0.2) is 53.1 Å². The van der Waals surface area contributed by atoms with E-state index in [1.54, 1.807) is 50.4 Å². The summed E-state index contributed by atoms with van der Waals surface area (Å²) in [7, 11) is 1.60. The lowest BCUT2D eigenvalue weighted by Crippen LogP contribution is -2.43. The van der Waals surface area contributed by atoms with Gasteiger partial charge in [0.1, 0.15) is 12.3 Å². The van der Waals surface area contributed by atoms with Crippen molar-refractivity contribution in [1.82, 2.24) is 10.2 Å². The minimum Gasteiger partial charge on any atom is -0.466 e. The van der Waals surface area contributed by atoms with Crippen molar-refractivity contribution in [2.24, 2.45) is 0 Å². The molecule has 1 aromatic carbocycles. The lowest BCUT2D eigenvalue weighted by Gasteiger charge is -2.21. The number of rotatable bonds is 4. The zero-order valence-corrected chi connectivity index (χ0v) is 13.4. The second-order valence-electron chi connectivity index (χ2n) is 5.71. The molecule has 0 radical (unpaired) electrons. The number of para-hydroxylation sites is 1. The summed E-state index contributed by atoms with van der Waals surface area (Å²) in [6.45, 7) is 1.21.